The molecule has 1 aliphatic heterocycles. The lowest BCUT2D eigenvalue weighted by atomic mass is 9.86. The van der Waals surface area contributed by atoms with Crippen LogP contribution < -0.4 is 15.4 Å². The van der Waals surface area contributed by atoms with Gasteiger partial charge in [-0.15, -0.1) is 0 Å². The maximum absolute atomic E-state index is 12.0. The van der Waals surface area contributed by atoms with E-state index < -0.39 is 10.0 Å². The van der Waals surface area contributed by atoms with Gasteiger partial charge in [0.15, 0.2) is 5.96 Å². The van der Waals surface area contributed by atoms with E-state index in [-0.39, 0.29) is 5.75 Å². The minimum absolute atomic E-state index is 0.0791. The molecule has 8 heteroatoms. The maximum atomic E-state index is 12.0. The van der Waals surface area contributed by atoms with E-state index in [0.29, 0.717) is 37.1 Å². The summed E-state index contributed by atoms with van der Waals surface area (Å²) < 4.78 is 26.8. The van der Waals surface area contributed by atoms with Gasteiger partial charge in [0.2, 0.25) is 10.0 Å². The van der Waals surface area contributed by atoms with Gasteiger partial charge in [0, 0.05) is 44.8 Å². The number of likely N-dealkylation sites (tertiary alicyclic amines) is 1. The number of sulfonamides is 1. The van der Waals surface area contributed by atoms with Crippen LogP contribution in [0.4, 0.5) is 0 Å². The third kappa shape index (κ3) is 5.56. The van der Waals surface area contributed by atoms with Crippen molar-refractivity contribution in [3.8, 4) is 0 Å². The van der Waals surface area contributed by atoms with Gasteiger partial charge in [-0.3, -0.25) is 9.89 Å². The highest BCUT2D eigenvalue weighted by molar-refractivity contribution is 7.89. The van der Waals surface area contributed by atoms with E-state index in [0.717, 1.165) is 31.8 Å². The first-order valence-electron chi connectivity index (χ1n) is 9.67. The Hall–Kier alpha value is -0.860. The first-order chi connectivity index (χ1) is 12.0. The Kier molecular flexibility index (Phi) is 6.22. The van der Waals surface area contributed by atoms with Gasteiger partial charge in [-0.1, -0.05) is 6.42 Å². The minimum atomic E-state index is -3.21. The molecule has 0 aromatic carbocycles. The maximum Gasteiger partial charge on any atom is 0.213 e. The zero-order valence-corrected chi connectivity index (χ0v) is 16.3. The average Bonchev–Trinajstić information content (AvgIpc) is 3.28. The summed E-state index contributed by atoms with van der Waals surface area (Å²) in [5.41, 5.74) is 0. The number of rotatable bonds is 8. The molecule has 3 aliphatic rings. The first kappa shape index (κ1) is 18.9. The van der Waals surface area contributed by atoms with Gasteiger partial charge in [-0.2, -0.15) is 0 Å². The van der Waals surface area contributed by atoms with Gasteiger partial charge in [0.1, 0.15) is 0 Å². The Bertz CT molecular complexity index is 572. The summed E-state index contributed by atoms with van der Waals surface area (Å²) in [6.07, 6.45) is 7.29. The van der Waals surface area contributed by atoms with Crippen molar-refractivity contribution in [2.45, 2.75) is 63.6 Å². The Labute approximate surface area is 152 Å². The summed E-state index contributed by atoms with van der Waals surface area (Å²) in [5, 5.41) is 6.59. The van der Waals surface area contributed by atoms with Crippen LogP contribution >= 0.6 is 0 Å². The molecule has 3 rings (SSSR count). The van der Waals surface area contributed by atoms with Crippen molar-refractivity contribution in [1.82, 2.24) is 20.3 Å². The van der Waals surface area contributed by atoms with Crippen molar-refractivity contribution in [3.63, 3.8) is 0 Å². The van der Waals surface area contributed by atoms with Crippen LogP contribution in [-0.2, 0) is 10.0 Å². The number of hydrogen-bond acceptors (Lipinski definition) is 4. The predicted molar refractivity (Wildman–Crippen MR) is 101 cm³/mol. The van der Waals surface area contributed by atoms with Crippen molar-refractivity contribution in [2.75, 3.05) is 32.4 Å². The molecule has 25 heavy (non-hydrogen) atoms. The highest BCUT2D eigenvalue weighted by Crippen LogP contribution is 2.33. The largest absolute Gasteiger partial charge is 0.355 e. The monoisotopic (exact) mass is 371 g/mol. The second kappa shape index (κ2) is 8.22. The van der Waals surface area contributed by atoms with Gasteiger partial charge >= 0.3 is 0 Å². The van der Waals surface area contributed by atoms with Crippen molar-refractivity contribution in [3.05, 3.63) is 0 Å². The van der Waals surface area contributed by atoms with E-state index in [1.165, 1.54) is 19.3 Å². The molecule has 2 saturated carbocycles. The molecule has 7 nitrogen and oxygen atoms in total. The highest BCUT2D eigenvalue weighted by Gasteiger charge is 2.38. The molecule has 1 heterocycles. The van der Waals surface area contributed by atoms with Crippen LogP contribution in [0.5, 0.6) is 0 Å². The van der Waals surface area contributed by atoms with Gasteiger partial charge in [-0.05, 0) is 44.9 Å². The van der Waals surface area contributed by atoms with E-state index in [9.17, 15) is 8.42 Å². The summed E-state index contributed by atoms with van der Waals surface area (Å²) in [5.74, 6) is 1.32. The SMILES string of the molecule is CN=C(NCCS(=O)(=O)NCC1CCC1)NC1CC(C)N(C2CC2)C1. The Morgan fingerprint density at radius 2 is 2.00 bits per heavy atom. The van der Waals surface area contributed by atoms with E-state index in [4.69, 9.17) is 0 Å². The predicted octanol–water partition coefficient (Wildman–Crippen LogP) is 0.496. The molecule has 144 valence electrons. The molecule has 0 bridgehead atoms. The van der Waals surface area contributed by atoms with Crippen LogP contribution in [0.3, 0.4) is 0 Å². The second-order valence-electron chi connectivity index (χ2n) is 7.82. The van der Waals surface area contributed by atoms with Crippen LogP contribution in [-0.4, -0.2) is 69.8 Å². The van der Waals surface area contributed by atoms with Crippen LogP contribution in [0.2, 0.25) is 0 Å². The first-order valence-corrected chi connectivity index (χ1v) is 11.3. The Balaban J connectivity index is 1.36. The number of hydrogen-bond donors (Lipinski definition) is 3. The summed E-state index contributed by atoms with van der Waals surface area (Å²) in [6.45, 7) is 4.30. The molecular formula is C17H33N5O2S. The lowest BCUT2D eigenvalue weighted by Gasteiger charge is -2.25. The molecular weight excluding hydrogens is 338 g/mol. The smallest absolute Gasteiger partial charge is 0.213 e. The standard InChI is InChI=1S/C17H33N5O2S/c1-13-10-15(12-22(13)16-6-7-16)21-17(18-2)19-8-9-25(23,24)20-11-14-4-3-5-14/h13-16,20H,3-12H2,1-2H3,(H2,18,19,21). The molecule has 0 amide bonds. The van der Waals surface area contributed by atoms with Crippen LogP contribution in [0.25, 0.3) is 0 Å². The summed E-state index contributed by atoms with van der Waals surface area (Å²) in [6, 6.07) is 1.78. The molecule has 0 radical (unpaired) electrons. The normalized spacial score (nSPS) is 28.8. The topological polar surface area (TPSA) is 85.8 Å². The number of nitrogens with zero attached hydrogens (tertiary/aromatic N) is 2. The minimum Gasteiger partial charge on any atom is -0.355 e. The zero-order valence-electron chi connectivity index (χ0n) is 15.5. The lowest BCUT2D eigenvalue weighted by Crippen LogP contribution is -2.46. The second-order valence-corrected chi connectivity index (χ2v) is 9.74. The van der Waals surface area contributed by atoms with E-state index in [2.05, 4.69) is 32.2 Å². The molecule has 3 N–H and O–H groups in total. The fourth-order valence-corrected chi connectivity index (χ4v) is 4.79. The summed E-state index contributed by atoms with van der Waals surface area (Å²) in [4.78, 5) is 6.82. The molecule has 2 unspecified atom stereocenters. The Morgan fingerprint density at radius 1 is 1.24 bits per heavy atom. The third-order valence-corrected chi connectivity index (χ3v) is 7.03. The van der Waals surface area contributed by atoms with E-state index >= 15 is 0 Å². The zero-order chi connectivity index (χ0) is 17.9. The average molecular weight is 372 g/mol. The fourth-order valence-electron chi connectivity index (χ4n) is 3.78. The molecule has 2 atom stereocenters. The van der Waals surface area contributed by atoms with Crippen molar-refractivity contribution in [1.29, 1.82) is 0 Å². The fraction of sp³-hybridized carbons (Fsp3) is 0.941. The van der Waals surface area contributed by atoms with Gasteiger partial charge in [0.05, 0.1) is 5.75 Å². The van der Waals surface area contributed by atoms with Crippen molar-refractivity contribution >= 4 is 16.0 Å². The lowest BCUT2D eigenvalue weighted by molar-refractivity contribution is 0.256. The quantitative estimate of drug-likeness (QED) is 0.427. The number of nitrogens with one attached hydrogen (secondary N) is 3. The molecule has 0 aromatic heterocycles. The van der Waals surface area contributed by atoms with Gasteiger partial charge < -0.3 is 10.6 Å². The molecule has 1 saturated heterocycles. The number of aliphatic imine (C=N–C) groups is 1. The van der Waals surface area contributed by atoms with E-state index in [1.54, 1.807) is 7.05 Å². The van der Waals surface area contributed by atoms with Crippen LogP contribution in [0.1, 0.15) is 45.4 Å². The van der Waals surface area contributed by atoms with Gasteiger partial charge in [0.25, 0.3) is 0 Å². The molecule has 3 fully saturated rings. The highest BCUT2D eigenvalue weighted by atomic mass is 32.2. The summed E-state index contributed by atoms with van der Waals surface area (Å²) in [7, 11) is -1.48. The van der Waals surface area contributed by atoms with Crippen molar-refractivity contribution < 1.29 is 8.42 Å². The van der Waals surface area contributed by atoms with Crippen molar-refractivity contribution in [2.24, 2.45) is 10.9 Å². The third-order valence-electron chi connectivity index (χ3n) is 5.68. The number of guanidine groups is 1. The van der Waals surface area contributed by atoms with Crippen LogP contribution in [0.15, 0.2) is 4.99 Å². The molecule has 0 spiro atoms. The molecule has 2 aliphatic carbocycles. The van der Waals surface area contributed by atoms with Crippen LogP contribution in [0, 0.1) is 5.92 Å². The summed E-state index contributed by atoms with van der Waals surface area (Å²) >= 11 is 0. The molecule has 0 aromatic rings. The Morgan fingerprint density at radius 3 is 2.60 bits per heavy atom. The van der Waals surface area contributed by atoms with E-state index in [1.807, 2.05) is 0 Å². The van der Waals surface area contributed by atoms with Gasteiger partial charge in [-0.25, -0.2) is 13.1 Å².